The number of fused-ring (bicyclic) bond motifs is 1. The molecule has 0 radical (unpaired) electrons. The van der Waals surface area contributed by atoms with Crippen LogP contribution in [0.5, 0.6) is 11.5 Å². The summed E-state index contributed by atoms with van der Waals surface area (Å²) < 4.78 is 16.7. The number of anilines is 2. The van der Waals surface area contributed by atoms with Crippen molar-refractivity contribution in [2.75, 3.05) is 58.1 Å². The Morgan fingerprint density at radius 3 is 2.56 bits per heavy atom. The van der Waals surface area contributed by atoms with Gasteiger partial charge in [-0.1, -0.05) is 29.8 Å². The van der Waals surface area contributed by atoms with Crippen LogP contribution in [0.1, 0.15) is 12.8 Å². The monoisotopic (exact) mass is 601 g/mol. The Kier molecular flexibility index (Phi) is 8.98. The van der Waals surface area contributed by atoms with Crippen molar-refractivity contribution in [2.45, 2.75) is 31.0 Å². The highest BCUT2D eigenvalue weighted by Crippen LogP contribution is 2.46. The molecule has 3 N–H and O–H groups in total. The van der Waals surface area contributed by atoms with Crippen LogP contribution in [-0.2, 0) is 9.53 Å². The third-order valence-corrected chi connectivity index (χ3v) is 8.00. The molecule has 218 valence electrons. The number of carbonyl (C=O) groups is 1. The molecule has 1 amide bonds. The summed E-state index contributed by atoms with van der Waals surface area (Å²) >= 11 is 13.5. The second-order valence-electron chi connectivity index (χ2n) is 10.1. The van der Waals surface area contributed by atoms with Gasteiger partial charge in [-0.25, -0.2) is 15.0 Å². The molecular weight excluding hydrogens is 569 g/mol. The van der Waals surface area contributed by atoms with Gasteiger partial charge in [0.15, 0.2) is 5.82 Å². The predicted molar refractivity (Wildman–Crippen MR) is 160 cm³/mol. The zero-order chi connectivity index (χ0) is 29.1. The van der Waals surface area contributed by atoms with E-state index in [0.717, 1.165) is 24.8 Å². The third-order valence-electron chi connectivity index (χ3n) is 7.25. The summed E-state index contributed by atoms with van der Waals surface area (Å²) in [4.78, 5) is 28.4. The Morgan fingerprint density at radius 2 is 1.90 bits per heavy atom. The zero-order valence-corrected chi connectivity index (χ0v) is 24.7. The molecule has 0 bridgehead atoms. The fourth-order valence-electron chi connectivity index (χ4n) is 5.19. The van der Waals surface area contributed by atoms with E-state index in [4.69, 9.17) is 47.4 Å². The van der Waals surface area contributed by atoms with Gasteiger partial charge < -0.3 is 35.1 Å². The molecule has 3 atom stereocenters. The number of carbonyl (C=O) groups excluding carboxylic acids is 1. The number of amides is 1. The van der Waals surface area contributed by atoms with Crippen LogP contribution in [0.4, 0.5) is 11.8 Å². The number of ether oxygens (including phenoxy) is 3. The first-order chi connectivity index (χ1) is 19.8. The number of aromatic nitrogens is 3. The highest BCUT2D eigenvalue weighted by atomic mass is 35.5. The maximum atomic E-state index is 12.0. The van der Waals surface area contributed by atoms with Crippen molar-refractivity contribution in [3.63, 3.8) is 0 Å². The number of likely N-dealkylation sites (N-methyl/N-ethyl adjacent to an activating group) is 1. The lowest BCUT2D eigenvalue weighted by Gasteiger charge is -2.21. The van der Waals surface area contributed by atoms with E-state index in [1.807, 2.05) is 13.1 Å². The third kappa shape index (κ3) is 6.28. The molecule has 41 heavy (non-hydrogen) atoms. The molecule has 0 saturated carbocycles. The quantitative estimate of drug-likeness (QED) is 0.294. The van der Waals surface area contributed by atoms with Crippen LogP contribution in [0.15, 0.2) is 31.0 Å². The van der Waals surface area contributed by atoms with Crippen LogP contribution in [0.2, 0.25) is 10.0 Å². The lowest BCUT2D eigenvalue weighted by Crippen LogP contribution is -2.45. The van der Waals surface area contributed by atoms with Gasteiger partial charge in [-0.3, -0.25) is 4.79 Å². The van der Waals surface area contributed by atoms with E-state index in [-0.39, 0.29) is 24.1 Å². The van der Waals surface area contributed by atoms with Crippen molar-refractivity contribution in [3.8, 4) is 22.8 Å². The van der Waals surface area contributed by atoms with E-state index in [9.17, 15) is 4.79 Å². The van der Waals surface area contributed by atoms with Gasteiger partial charge in [0.1, 0.15) is 17.0 Å². The molecule has 2 fully saturated rings. The van der Waals surface area contributed by atoms with E-state index < -0.39 is 0 Å². The first-order valence-corrected chi connectivity index (χ1v) is 14.1. The molecular formula is C28H33Cl2N7O4. The summed E-state index contributed by atoms with van der Waals surface area (Å²) in [6, 6.07) is 3.24. The summed E-state index contributed by atoms with van der Waals surface area (Å²) in [5, 5.41) is 11.2. The first-order valence-electron chi connectivity index (χ1n) is 13.3. The topological polar surface area (TPSA) is 123 Å². The molecule has 2 aliphatic heterocycles. The highest BCUT2D eigenvalue weighted by Gasteiger charge is 2.32. The molecule has 2 aromatic heterocycles. The largest absolute Gasteiger partial charge is 0.495 e. The smallest absolute Gasteiger partial charge is 0.243 e. The van der Waals surface area contributed by atoms with Gasteiger partial charge in [-0.15, -0.1) is 0 Å². The highest BCUT2D eigenvalue weighted by molar-refractivity contribution is 6.41. The standard InChI is InChI=1S/C28H33Cl2N7O4/c1-5-22(38)33-18-13-37(2)14-19(18)35-28-32-11-15-9-17(23-24(29)20(39-3)10-21(40-4)25(23)30)34-27(26(15)36-28)31-12-16-7-6-8-41-16/h5,9-11,16,18-19H,1,6-8,12-14H2,2-4H3,(H,31,34)(H,33,38)(H,32,35,36)/t16?,18-,19+/m0/s1. The average molecular weight is 603 g/mol. The zero-order valence-electron chi connectivity index (χ0n) is 23.2. The number of nitrogens with one attached hydrogen (secondary N) is 3. The summed E-state index contributed by atoms with van der Waals surface area (Å²) in [6.45, 7) is 6.25. The fraction of sp³-hybridized carbons (Fsp3) is 0.429. The van der Waals surface area contributed by atoms with Crippen molar-refractivity contribution < 1.29 is 19.0 Å². The Bertz CT molecular complexity index is 1420. The molecule has 2 aliphatic rings. The molecule has 1 unspecified atom stereocenters. The molecule has 3 aromatic rings. The van der Waals surface area contributed by atoms with E-state index in [2.05, 4.69) is 32.4 Å². The summed E-state index contributed by atoms with van der Waals surface area (Å²) in [7, 11) is 5.05. The Labute approximate surface area is 248 Å². The van der Waals surface area contributed by atoms with Crippen molar-refractivity contribution in [2.24, 2.45) is 0 Å². The number of nitrogens with zero attached hydrogens (tertiary/aromatic N) is 4. The van der Waals surface area contributed by atoms with Crippen LogP contribution in [0, 0.1) is 0 Å². The van der Waals surface area contributed by atoms with Gasteiger partial charge in [0.05, 0.1) is 48.1 Å². The van der Waals surface area contributed by atoms with Crippen molar-refractivity contribution in [3.05, 3.63) is 41.0 Å². The van der Waals surface area contributed by atoms with Gasteiger partial charge in [0.25, 0.3) is 0 Å². The molecule has 0 aliphatic carbocycles. The molecule has 0 spiro atoms. The SMILES string of the molecule is C=CC(=O)N[C@H]1CN(C)C[C@H]1Nc1ncc2cc(-c3c(Cl)c(OC)cc(OC)c3Cl)nc(NCC3CCCO3)c2n1. The number of hydrogen-bond acceptors (Lipinski definition) is 10. The number of rotatable bonds is 10. The molecule has 2 saturated heterocycles. The van der Waals surface area contributed by atoms with Crippen LogP contribution in [0.25, 0.3) is 22.2 Å². The van der Waals surface area contributed by atoms with Crippen molar-refractivity contribution >= 4 is 51.8 Å². The Morgan fingerprint density at radius 1 is 1.17 bits per heavy atom. The second-order valence-corrected chi connectivity index (χ2v) is 10.8. The maximum absolute atomic E-state index is 12.0. The predicted octanol–water partition coefficient (Wildman–Crippen LogP) is 4.00. The van der Waals surface area contributed by atoms with E-state index in [1.165, 1.54) is 20.3 Å². The number of pyridine rings is 1. The number of hydrogen-bond donors (Lipinski definition) is 3. The first kappa shape index (κ1) is 29.1. The second kappa shape index (κ2) is 12.6. The van der Waals surface area contributed by atoms with Gasteiger partial charge in [-0.05, 0) is 32.0 Å². The number of likely N-dealkylation sites (tertiary alicyclic amines) is 1. The number of methoxy groups -OCH3 is 2. The van der Waals surface area contributed by atoms with Gasteiger partial charge in [0.2, 0.25) is 11.9 Å². The van der Waals surface area contributed by atoms with Crippen LogP contribution in [-0.4, -0.2) is 91.5 Å². The minimum atomic E-state index is -0.222. The minimum Gasteiger partial charge on any atom is -0.495 e. The van der Waals surface area contributed by atoms with Crippen molar-refractivity contribution in [1.82, 2.24) is 25.2 Å². The molecule has 11 nitrogen and oxygen atoms in total. The summed E-state index contributed by atoms with van der Waals surface area (Å²) in [5.74, 6) is 1.56. The number of halogens is 2. The molecule has 4 heterocycles. The van der Waals surface area contributed by atoms with Gasteiger partial charge in [-0.2, -0.15) is 0 Å². The summed E-state index contributed by atoms with van der Waals surface area (Å²) in [6.07, 6.45) is 5.05. The lowest BCUT2D eigenvalue weighted by atomic mass is 10.1. The van der Waals surface area contributed by atoms with Gasteiger partial charge >= 0.3 is 0 Å². The molecule has 1 aromatic carbocycles. The van der Waals surface area contributed by atoms with E-state index in [1.54, 1.807) is 12.3 Å². The fourth-order valence-corrected chi connectivity index (χ4v) is 5.88. The number of benzene rings is 1. The van der Waals surface area contributed by atoms with Crippen LogP contribution >= 0.6 is 23.2 Å². The van der Waals surface area contributed by atoms with Gasteiger partial charge in [0, 0.05) is 49.5 Å². The van der Waals surface area contributed by atoms with Crippen LogP contribution in [0.3, 0.4) is 0 Å². The Balaban J connectivity index is 1.54. The van der Waals surface area contributed by atoms with Crippen LogP contribution < -0.4 is 25.4 Å². The minimum absolute atomic E-state index is 0.0716. The molecule has 13 heteroatoms. The summed E-state index contributed by atoms with van der Waals surface area (Å²) in [5.41, 5.74) is 1.60. The lowest BCUT2D eigenvalue weighted by molar-refractivity contribution is -0.117. The molecule has 5 rings (SSSR count). The van der Waals surface area contributed by atoms with E-state index >= 15 is 0 Å². The Hall–Kier alpha value is -3.38. The maximum Gasteiger partial charge on any atom is 0.243 e. The average Bonchev–Trinajstić information content (AvgIpc) is 3.61. The van der Waals surface area contributed by atoms with E-state index in [0.29, 0.717) is 69.7 Å². The normalized spacial score (nSPS) is 20.7. The van der Waals surface area contributed by atoms with Crippen molar-refractivity contribution in [1.29, 1.82) is 0 Å².